The fourth-order valence-electron chi connectivity index (χ4n) is 3.39. The fourth-order valence-corrected chi connectivity index (χ4v) is 5.17. The SMILES string of the molecule is CN.COOCc1sc(C)cc1NC(=O)Nc1ccccc1.COOCc1sc(C)cc1NC(=O)Nc1ccccc1.C[N+](=O)[O-].[HH]. The molecule has 0 radical (unpaired) electrons. The number of anilines is 4. The van der Waals surface area contributed by atoms with Gasteiger partial charge in [-0.1, -0.05) is 36.4 Å². The van der Waals surface area contributed by atoms with Crippen LogP contribution in [0.4, 0.5) is 32.3 Å². The van der Waals surface area contributed by atoms with Crippen molar-refractivity contribution in [2.75, 3.05) is 49.6 Å². The predicted molar refractivity (Wildman–Crippen MR) is 185 cm³/mol. The van der Waals surface area contributed by atoms with Gasteiger partial charge < -0.3 is 27.0 Å². The number of benzene rings is 2. The number of nitro groups is 1. The van der Waals surface area contributed by atoms with Gasteiger partial charge in [0.15, 0.2) is 7.05 Å². The number of carbonyl (C=O) groups excluding carboxylic acids is 2. The second-order valence-corrected chi connectivity index (χ2v) is 11.3. The highest BCUT2D eigenvalue weighted by Gasteiger charge is 2.12. The van der Waals surface area contributed by atoms with E-state index in [1.54, 1.807) is 22.7 Å². The molecule has 0 saturated heterocycles. The normalized spacial score (nSPS) is 9.63. The summed E-state index contributed by atoms with van der Waals surface area (Å²) < 4.78 is 0. The molecule has 0 spiro atoms. The Bertz CT molecular complexity index is 1350. The Balaban J connectivity index is 0.000000758. The first-order valence-corrected chi connectivity index (χ1v) is 15.2. The van der Waals surface area contributed by atoms with Crippen LogP contribution in [0.25, 0.3) is 0 Å². The molecule has 16 heteroatoms. The summed E-state index contributed by atoms with van der Waals surface area (Å²) in [4.78, 5) is 55.2. The van der Waals surface area contributed by atoms with Gasteiger partial charge in [-0.05, 0) is 57.3 Å². The van der Waals surface area contributed by atoms with Crippen molar-refractivity contribution < 1.29 is 35.5 Å². The van der Waals surface area contributed by atoms with Crippen LogP contribution in [0.3, 0.4) is 0 Å². The average Bonchev–Trinajstić information content (AvgIpc) is 3.56. The second kappa shape index (κ2) is 23.0. The molecule has 4 rings (SSSR count). The lowest BCUT2D eigenvalue weighted by Gasteiger charge is -2.08. The molecule has 0 fully saturated rings. The summed E-state index contributed by atoms with van der Waals surface area (Å²) in [6.45, 7) is 4.55. The summed E-state index contributed by atoms with van der Waals surface area (Å²) in [6, 6.07) is 21.8. The average molecular weight is 679 g/mol. The maximum atomic E-state index is 11.9. The fraction of sp³-hybridized carbons (Fsp3) is 0.267. The van der Waals surface area contributed by atoms with Gasteiger partial charge >= 0.3 is 12.1 Å². The van der Waals surface area contributed by atoms with E-state index in [0.29, 0.717) is 13.2 Å². The van der Waals surface area contributed by atoms with E-state index in [0.717, 1.165) is 49.3 Å². The number of hydrogen-bond donors (Lipinski definition) is 5. The Morgan fingerprint density at radius 1 is 0.739 bits per heavy atom. The Labute approximate surface area is 277 Å². The molecule has 0 saturated carbocycles. The highest BCUT2D eigenvalue weighted by Crippen LogP contribution is 2.28. The van der Waals surface area contributed by atoms with Crippen LogP contribution in [-0.2, 0) is 32.8 Å². The molecule has 4 amide bonds. The molecule has 0 aliphatic heterocycles. The minimum absolute atomic E-state index is 0. The number of nitrogens with one attached hydrogen (secondary N) is 4. The van der Waals surface area contributed by atoms with Crippen molar-refractivity contribution in [1.29, 1.82) is 0 Å². The van der Waals surface area contributed by atoms with Gasteiger partial charge in [-0.3, -0.25) is 10.1 Å². The minimum Gasteiger partial charge on any atom is -0.333 e. The first-order chi connectivity index (χ1) is 22.1. The van der Waals surface area contributed by atoms with E-state index in [1.165, 1.54) is 21.3 Å². The second-order valence-electron chi connectivity index (χ2n) is 8.58. The molecule has 4 aromatic rings. The van der Waals surface area contributed by atoms with Crippen molar-refractivity contribution >= 4 is 57.5 Å². The van der Waals surface area contributed by atoms with Crippen LogP contribution in [0, 0.1) is 24.0 Å². The largest absolute Gasteiger partial charge is 0.333 e. The zero-order chi connectivity index (χ0) is 34.3. The molecule has 0 atom stereocenters. The molecular weight excluding hydrogens is 636 g/mol. The molecule has 0 bridgehead atoms. The molecule has 46 heavy (non-hydrogen) atoms. The van der Waals surface area contributed by atoms with E-state index in [4.69, 9.17) is 19.9 Å². The van der Waals surface area contributed by atoms with Gasteiger partial charge in [-0.2, -0.15) is 0 Å². The molecule has 2 aromatic carbocycles. The maximum Gasteiger partial charge on any atom is 0.323 e. The van der Waals surface area contributed by atoms with Crippen LogP contribution >= 0.6 is 22.7 Å². The van der Waals surface area contributed by atoms with E-state index in [2.05, 4.69) is 36.8 Å². The zero-order valence-corrected chi connectivity index (χ0v) is 28.1. The topological polar surface area (TPSA) is 188 Å². The number of hydrogen-bond acceptors (Lipinski definition) is 11. The van der Waals surface area contributed by atoms with Gasteiger partial charge in [-0.25, -0.2) is 29.1 Å². The van der Waals surface area contributed by atoms with E-state index in [9.17, 15) is 9.59 Å². The zero-order valence-electron chi connectivity index (χ0n) is 26.4. The molecule has 0 unspecified atom stereocenters. The molecule has 0 aliphatic carbocycles. The van der Waals surface area contributed by atoms with Crippen molar-refractivity contribution in [2.45, 2.75) is 27.1 Å². The smallest absolute Gasteiger partial charge is 0.323 e. The highest BCUT2D eigenvalue weighted by molar-refractivity contribution is 7.12. The number of nitrogens with zero attached hydrogens (tertiary/aromatic N) is 1. The molecule has 2 heterocycles. The van der Waals surface area contributed by atoms with E-state index >= 15 is 0 Å². The molecule has 2 aromatic heterocycles. The van der Waals surface area contributed by atoms with E-state index < -0.39 is 4.92 Å². The van der Waals surface area contributed by atoms with Gasteiger partial charge in [0.1, 0.15) is 13.2 Å². The molecule has 6 N–H and O–H groups in total. The van der Waals surface area contributed by atoms with E-state index in [-0.39, 0.29) is 13.5 Å². The Hall–Kier alpha value is -4.42. The molecular formula is C30H42N6O8S2. The summed E-state index contributed by atoms with van der Waals surface area (Å²) in [5.74, 6) is 0. The van der Waals surface area contributed by atoms with Gasteiger partial charge in [-0.15, -0.1) is 22.7 Å². The standard InChI is InChI=1S/2C14H16N2O3S.CH3NO2.CH5N.H2/c2*1-10-8-12(13(20-10)9-19-18-2)16-14(17)15-11-6-4-3-5-7-11;1-2(3)4;1-2;/h2*3-8H,9H2,1-2H3,(H2,15,16,17);1H3;2H2,1H3;1H. The van der Waals surface area contributed by atoms with Crippen molar-refractivity contribution in [2.24, 2.45) is 5.73 Å². The number of nitrogens with two attached hydrogens (primary N) is 1. The van der Waals surface area contributed by atoms with Crippen LogP contribution < -0.4 is 27.0 Å². The first-order valence-electron chi connectivity index (χ1n) is 13.5. The number of para-hydroxylation sites is 2. The quantitative estimate of drug-likeness (QED) is 0.0653. The van der Waals surface area contributed by atoms with Crippen molar-refractivity contribution in [3.63, 3.8) is 0 Å². The van der Waals surface area contributed by atoms with Gasteiger partial charge in [0.25, 0.3) is 0 Å². The lowest BCUT2D eigenvalue weighted by atomic mass is 10.3. The Morgan fingerprint density at radius 3 is 1.37 bits per heavy atom. The number of carbonyl (C=O) groups is 2. The van der Waals surface area contributed by atoms with Crippen LogP contribution in [0.1, 0.15) is 20.9 Å². The molecule has 0 aliphatic rings. The van der Waals surface area contributed by atoms with Crippen LogP contribution in [0.15, 0.2) is 72.8 Å². The van der Waals surface area contributed by atoms with Crippen LogP contribution in [0.2, 0.25) is 0 Å². The number of thiophene rings is 2. The number of urea groups is 2. The van der Waals surface area contributed by atoms with Gasteiger partial charge in [0, 0.05) is 27.5 Å². The van der Waals surface area contributed by atoms with Crippen molar-refractivity contribution in [1.82, 2.24) is 0 Å². The van der Waals surface area contributed by atoms with Crippen molar-refractivity contribution in [3.8, 4) is 0 Å². The predicted octanol–water partition coefficient (Wildman–Crippen LogP) is 7.27. The summed E-state index contributed by atoms with van der Waals surface area (Å²) >= 11 is 3.11. The number of amides is 4. The highest BCUT2D eigenvalue weighted by atomic mass is 32.1. The molecule has 252 valence electrons. The van der Waals surface area contributed by atoms with Crippen LogP contribution in [-0.4, -0.2) is 45.3 Å². The van der Waals surface area contributed by atoms with Crippen molar-refractivity contribution in [3.05, 3.63) is 102 Å². The third-order valence-electron chi connectivity index (χ3n) is 5.04. The third kappa shape index (κ3) is 16.6. The van der Waals surface area contributed by atoms with Crippen LogP contribution in [0.5, 0.6) is 0 Å². The Kier molecular flexibility index (Phi) is 19.8. The maximum absolute atomic E-state index is 11.9. The Morgan fingerprint density at radius 2 is 1.07 bits per heavy atom. The molecule has 14 nitrogen and oxygen atoms in total. The third-order valence-corrected chi connectivity index (χ3v) is 7.09. The number of rotatable bonds is 10. The van der Waals surface area contributed by atoms with Gasteiger partial charge in [0.05, 0.1) is 35.3 Å². The summed E-state index contributed by atoms with van der Waals surface area (Å²) in [5.41, 5.74) is 7.45. The van der Waals surface area contributed by atoms with E-state index in [1.807, 2.05) is 86.6 Å². The first kappa shape index (κ1) is 39.6. The minimum atomic E-state index is -0.500. The summed E-state index contributed by atoms with van der Waals surface area (Å²) in [6.07, 6.45) is 0. The summed E-state index contributed by atoms with van der Waals surface area (Å²) in [7, 11) is 5.30. The monoisotopic (exact) mass is 678 g/mol. The lowest BCUT2D eigenvalue weighted by Crippen LogP contribution is -2.19. The lowest BCUT2D eigenvalue weighted by molar-refractivity contribution is -0.445. The van der Waals surface area contributed by atoms with Gasteiger partial charge in [0.2, 0.25) is 0 Å². The number of aryl methyl sites for hydroxylation is 2. The summed E-state index contributed by atoms with van der Waals surface area (Å²) in [5, 5.41) is 20.0.